The molecule has 0 fully saturated rings. The third-order valence-corrected chi connectivity index (χ3v) is 4.39. The van der Waals surface area contributed by atoms with Gasteiger partial charge in [0.1, 0.15) is 0 Å². The number of para-hydroxylation sites is 1. The maximum atomic E-state index is 12.6. The summed E-state index contributed by atoms with van der Waals surface area (Å²) in [5.41, 5.74) is 8.47. The molecule has 0 radical (unpaired) electrons. The largest absolute Gasteiger partial charge is 0.331 e. The van der Waals surface area contributed by atoms with Crippen molar-refractivity contribution in [3.63, 3.8) is 0 Å². The molecule has 0 spiro atoms. The average molecular weight is 395 g/mol. The molecule has 1 amide bonds. The van der Waals surface area contributed by atoms with Crippen molar-refractivity contribution in [3.05, 3.63) is 75.5 Å². The highest BCUT2D eigenvalue weighted by atomic mass is 32.1. The summed E-state index contributed by atoms with van der Waals surface area (Å²) in [7, 11) is 0. The van der Waals surface area contributed by atoms with Gasteiger partial charge in [-0.05, 0) is 49.8 Å². The summed E-state index contributed by atoms with van der Waals surface area (Å²) in [5.74, 6) is -0.360. The fraction of sp³-hybridized carbons (Fsp3) is 0.105. The molecule has 0 aliphatic rings. The number of nitro groups is 1. The highest BCUT2D eigenvalue weighted by Gasteiger charge is 2.16. The summed E-state index contributed by atoms with van der Waals surface area (Å²) in [6.07, 6.45) is 0. The number of carbonyl (C=O) groups excluding carboxylic acids is 1. The van der Waals surface area contributed by atoms with Gasteiger partial charge in [0.25, 0.3) is 11.6 Å². The van der Waals surface area contributed by atoms with Crippen molar-refractivity contribution in [2.45, 2.75) is 13.8 Å². The molecule has 2 aromatic carbocycles. The van der Waals surface area contributed by atoms with E-state index in [0.29, 0.717) is 16.9 Å². The van der Waals surface area contributed by atoms with E-state index in [9.17, 15) is 14.9 Å². The van der Waals surface area contributed by atoms with E-state index >= 15 is 0 Å². The Morgan fingerprint density at radius 1 is 1.07 bits per heavy atom. The van der Waals surface area contributed by atoms with E-state index < -0.39 is 4.92 Å². The smallest absolute Gasteiger partial charge is 0.271 e. The van der Waals surface area contributed by atoms with Crippen molar-refractivity contribution in [2.75, 3.05) is 5.32 Å². The number of carbonyl (C=O) groups is 1. The van der Waals surface area contributed by atoms with Gasteiger partial charge in [0.05, 0.1) is 21.7 Å². The predicted molar refractivity (Wildman–Crippen MR) is 111 cm³/mol. The zero-order valence-electron chi connectivity index (χ0n) is 15.1. The molecule has 3 aromatic rings. The third-order valence-electron chi connectivity index (χ3n) is 4.19. The maximum absolute atomic E-state index is 12.6. The number of benzene rings is 2. The highest BCUT2D eigenvalue weighted by molar-refractivity contribution is 7.80. The number of aryl methyl sites for hydroxylation is 2. The normalized spacial score (nSPS) is 10.4. The van der Waals surface area contributed by atoms with E-state index in [1.54, 1.807) is 6.92 Å². The first kappa shape index (κ1) is 19.2. The molecular weight excluding hydrogens is 378 g/mol. The van der Waals surface area contributed by atoms with Crippen molar-refractivity contribution in [2.24, 2.45) is 0 Å². The lowest BCUT2D eigenvalue weighted by atomic mass is 10.0. The van der Waals surface area contributed by atoms with E-state index in [1.807, 2.05) is 31.2 Å². The lowest BCUT2D eigenvalue weighted by molar-refractivity contribution is -0.384. The summed E-state index contributed by atoms with van der Waals surface area (Å²) >= 11 is 5.15. The fourth-order valence-electron chi connectivity index (χ4n) is 2.87. The van der Waals surface area contributed by atoms with Crippen LogP contribution >= 0.6 is 12.2 Å². The SMILES string of the molecule is Cc1nc2ccccc2c(C)c1C(=O)NNC(=S)Nc1ccc([N+](=O)[O-])cc1. The van der Waals surface area contributed by atoms with Crippen molar-refractivity contribution >= 4 is 45.5 Å². The number of aromatic nitrogens is 1. The summed E-state index contributed by atoms with van der Waals surface area (Å²) < 4.78 is 0. The third kappa shape index (κ3) is 4.04. The van der Waals surface area contributed by atoms with Gasteiger partial charge in [-0.25, -0.2) is 0 Å². The summed E-state index contributed by atoms with van der Waals surface area (Å²) in [4.78, 5) is 27.3. The van der Waals surface area contributed by atoms with E-state index in [2.05, 4.69) is 21.2 Å². The maximum Gasteiger partial charge on any atom is 0.271 e. The van der Waals surface area contributed by atoms with Gasteiger partial charge in [0, 0.05) is 23.2 Å². The Morgan fingerprint density at radius 2 is 1.75 bits per heavy atom. The second kappa shape index (κ2) is 7.97. The Kier molecular flexibility index (Phi) is 5.46. The molecule has 8 nitrogen and oxygen atoms in total. The molecule has 0 aliphatic carbocycles. The van der Waals surface area contributed by atoms with Crippen molar-refractivity contribution in [1.82, 2.24) is 15.8 Å². The molecule has 0 aliphatic heterocycles. The van der Waals surface area contributed by atoms with Gasteiger partial charge >= 0.3 is 0 Å². The van der Waals surface area contributed by atoms with Gasteiger partial charge in [-0.2, -0.15) is 0 Å². The minimum Gasteiger partial charge on any atom is -0.331 e. The number of nitrogens with one attached hydrogen (secondary N) is 3. The number of anilines is 1. The Bertz CT molecular complexity index is 1080. The van der Waals surface area contributed by atoms with Gasteiger partial charge < -0.3 is 5.32 Å². The molecule has 3 rings (SSSR count). The average Bonchev–Trinajstić information content (AvgIpc) is 2.67. The second-order valence-corrected chi connectivity index (χ2v) is 6.46. The van der Waals surface area contributed by atoms with Crippen LogP contribution in [0.4, 0.5) is 11.4 Å². The monoisotopic (exact) mass is 395 g/mol. The molecule has 1 heterocycles. The standard InChI is InChI=1S/C19H17N5O3S/c1-11-15-5-3-4-6-16(15)20-12(2)17(11)18(25)22-23-19(28)21-13-7-9-14(10-8-13)24(26)27/h3-10H,1-2H3,(H,22,25)(H2,21,23,28). The molecule has 0 saturated carbocycles. The van der Waals surface area contributed by atoms with Gasteiger partial charge in [-0.3, -0.25) is 30.7 Å². The molecule has 3 N–H and O–H groups in total. The number of hydrogen-bond acceptors (Lipinski definition) is 5. The topological polar surface area (TPSA) is 109 Å². The molecule has 28 heavy (non-hydrogen) atoms. The number of hydrogen-bond donors (Lipinski definition) is 3. The molecule has 9 heteroatoms. The number of amides is 1. The Hall–Kier alpha value is -3.59. The number of fused-ring (bicyclic) bond motifs is 1. The Balaban J connectivity index is 1.67. The van der Waals surface area contributed by atoms with Crippen LogP contribution in [0.1, 0.15) is 21.6 Å². The van der Waals surface area contributed by atoms with Gasteiger partial charge in [-0.15, -0.1) is 0 Å². The first-order chi connectivity index (χ1) is 13.4. The van der Waals surface area contributed by atoms with Gasteiger partial charge in [-0.1, -0.05) is 18.2 Å². The molecule has 0 bridgehead atoms. The number of nitrogens with zero attached hydrogens (tertiary/aromatic N) is 2. The first-order valence-electron chi connectivity index (χ1n) is 8.34. The second-order valence-electron chi connectivity index (χ2n) is 6.05. The van der Waals surface area contributed by atoms with E-state index in [1.165, 1.54) is 24.3 Å². The van der Waals surface area contributed by atoms with Crippen LogP contribution in [-0.4, -0.2) is 20.9 Å². The highest BCUT2D eigenvalue weighted by Crippen LogP contribution is 2.22. The van der Waals surface area contributed by atoms with Gasteiger partial charge in [0.2, 0.25) is 0 Å². The fourth-order valence-corrected chi connectivity index (χ4v) is 3.04. The zero-order valence-corrected chi connectivity index (χ0v) is 16.0. The van der Waals surface area contributed by atoms with Crippen molar-refractivity contribution < 1.29 is 9.72 Å². The molecule has 142 valence electrons. The Labute approximate surface area is 166 Å². The van der Waals surface area contributed by atoms with E-state index in [4.69, 9.17) is 12.2 Å². The quantitative estimate of drug-likeness (QED) is 0.354. The van der Waals surface area contributed by atoms with Crippen LogP contribution < -0.4 is 16.2 Å². The summed E-state index contributed by atoms with van der Waals surface area (Å²) in [6.45, 7) is 3.65. The number of thiocarbonyl (C=S) groups is 1. The molecule has 0 unspecified atom stereocenters. The first-order valence-corrected chi connectivity index (χ1v) is 8.75. The van der Waals surface area contributed by atoms with Crippen LogP contribution in [0.15, 0.2) is 48.5 Å². The number of hydrazine groups is 1. The van der Waals surface area contributed by atoms with Crippen LogP contribution in [0.5, 0.6) is 0 Å². The van der Waals surface area contributed by atoms with Crippen molar-refractivity contribution in [1.29, 1.82) is 0 Å². The number of nitro benzene ring substituents is 1. The zero-order chi connectivity index (χ0) is 20.3. The van der Waals surface area contributed by atoms with E-state index in [0.717, 1.165) is 16.5 Å². The molecular formula is C19H17N5O3S. The number of pyridine rings is 1. The lowest BCUT2D eigenvalue weighted by Gasteiger charge is -2.15. The summed E-state index contributed by atoms with van der Waals surface area (Å²) in [5, 5.41) is 14.6. The number of non-ortho nitro benzene ring substituents is 1. The summed E-state index contributed by atoms with van der Waals surface area (Å²) in [6, 6.07) is 13.4. The van der Waals surface area contributed by atoms with Gasteiger partial charge in [0.15, 0.2) is 5.11 Å². The van der Waals surface area contributed by atoms with Crippen LogP contribution in [0.3, 0.4) is 0 Å². The van der Waals surface area contributed by atoms with Crippen LogP contribution in [-0.2, 0) is 0 Å². The number of rotatable bonds is 3. The minimum atomic E-state index is -0.483. The molecule has 0 saturated heterocycles. The van der Waals surface area contributed by atoms with Crippen LogP contribution in [0.25, 0.3) is 10.9 Å². The van der Waals surface area contributed by atoms with Crippen molar-refractivity contribution in [3.8, 4) is 0 Å². The molecule has 1 aromatic heterocycles. The molecule has 0 atom stereocenters. The minimum absolute atomic E-state index is 0.0208. The lowest BCUT2D eigenvalue weighted by Crippen LogP contribution is -2.44. The predicted octanol–water partition coefficient (Wildman–Crippen LogP) is 3.39. The Morgan fingerprint density at radius 3 is 2.43 bits per heavy atom. The van der Waals surface area contributed by atoms with E-state index in [-0.39, 0.29) is 16.7 Å². The van der Waals surface area contributed by atoms with Crippen LogP contribution in [0, 0.1) is 24.0 Å². The van der Waals surface area contributed by atoms with Crippen LogP contribution in [0.2, 0.25) is 0 Å².